The largest absolute Gasteiger partial charge is 0.497 e. The molecule has 0 bridgehead atoms. The number of aromatic nitrogens is 4. The smallest absolute Gasteiger partial charge is 0.269 e. The number of hydrogen-bond acceptors (Lipinski definition) is 6. The normalized spacial score (nSPS) is 11.1. The van der Waals surface area contributed by atoms with Crippen molar-refractivity contribution in [3.63, 3.8) is 0 Å². The first kappa shape index (κ1) is 21.7. The van der Waals surface area contributed by atoms with Crippen molar-refractivity contribution >= 4 is 39.5 Å². The van der Waals surface area contributed by atoms with Gasteiger partial charge < -0.3 is 10.1 Å². The number of nitrogens with zero attached hydrogens (tertiary/aromatic N) is 3. The minimum Gasteiger partial charge on any atom is -0.497 e. The monoisotopic (exact) mass is 471 g/mol. The van der Waals surface area contributed by atoms with E-state index in [4.69, 9.17) is 4.74 Å². The Bertz CT molecular complexity index is 1540. The Balaban J connectivity index is 1.42. The molecule has 3 aromatic carbocycles. The molecule has 2 aromatic heterocycles. The molecule has 8 nitrogen and oxygen atoms in total. The van der Waals surface area contributed by atoms with Gasteiger partial charge in [-0.2, -0.15) is 5.10 Å². The number of methoxy groups -OCH3 is 1. The predicted octanol–water partition coefficient (Wildman–Crippen LogP) is 3.68. The molecule has 9 heteroatoms. The summed E-state index contributed by atoms with van der Waals surface area (Å²) < 4.78 is 6.72. The maximum atomic E-state index is 13.4. The van der Waals surface area contributed by atoms with Gasteiger partial charge in [0.15, 0.2) is 10.8 Å². The van der Waals surface area contributed by atoms with Crippen molar-refractivity contribution in [1.29, 1.82) is 0 Å². The second-order valence-corrected chi connectivity index (χ2v) is 8.52. The SMILES string of the molecule is COc1ccc(CNC(=O)CSc2nc3[nH]ncc3c(=O)n2-c2cccc3ccccc23)cc1. The van der Waals surface area contributed by atoms with Gasteiger partial charge in [-0.25, -0.2) is 4.98 Å². The average Bonchev–Trinajstić information content (AvgIpc) is 3.35. The quantitative estimate of drug-likeness (QED) is 0.277. The maximum absolute atomic E-state index is 13.4. The number of carbonyl (C=O) groups is 1. The Labute approximate surface area is 199 Å². The van der Waals surface area contributed by atoms with Crippen LogP contribution in [0.15, 0.2) is 82.9 Å². The lowest BCUT2D eigenvalue weighted by Gasteiger charge is -2.14. The third-order valence-electron chi connectivity index (χ3n) is 5.44. The highest BCUT2D eigenvalue weighted by molar-refractivity contribution is 7.99. The van der Waals surface area contributed by atoms with Crippen LogP contribution < -0.4 is 15.6 Å². The number of H-pyrrole nitrogens is 1. The van der Waals surface area contributed by atoms with Crippen molar-refractivity contribution in [2.24, 2.45) is 0 Å². The highest BCUT2D eigenvalue weighted by atomic mass is 32.2. The number of aromatic amines is 1. The van der Waals surface area contributed by atoms with Crippen LogP contribution in [0.1, 0.15) is 5.56 Å². The van der Waals surface area contributed by atoms with E-state index in [0.29, 0.717) is 28.4 Å². The summed E-state index contributed by atoms with van der Waals surface area (Å²) in [4.78, 5) is 30.6. The molecule has 0 fully saturated rings. The Morgan fingerprint density at radius 1 is 1.06 bits per heavy atom. The van der Waals surface area contributed by atoms with E-state index in [9.17, 15) is 9.59 Å². The molecule has 0 saturated heterocycles. The van der Waals surface area contributed by atoms with Crippen LogP contribution in [0.3, 0.4) is 0 Å². The molecule has 0 aliphatic heterocycles. The molecule has 0 aliphatic carbocycles. The molecule has 0 unspecified atom stereocenters. The van der Waals surface area contributed by atoms with E-state index in [1.165, 1.54) is 18.0 Å². The molecule has 0 atom stereocenters. The molecular weight excluding hydrogens is 450 g/mol. The molecular formula is C25H21N5O3S. The van der Waals surface area contributed by atoms with Crippen LogP contribution in [0.25, 0.3) is 27.5 Å². The third kappa shape index (κ3) is 4.25. The molecule has 0 radical (unpaired) electrons. The first-order chi connectivity index (χ1) is 16.6. The van der Waals surface area contributed by atoms with Crippen molar-refractivity contribution < 1.29 is 9.53 Å². The number of hydrogen-bond donors (Lipinski definition) is 2. The zero-order chi connectivity index (χ0) is 23.5. The zero-order valence-corrected chi connectivity index (χ0v) is 19.1. The lowest BCUT2D eigenvalue weighted by molar-refractivity contribution is -0.118. The predicted molar refractivity (Wildman–Crippen MR) is 133 cm³/mol. The Morgan fingerprint density at radius 3 is 2.68 bits per heavy atom. The molecule has 0 aliphatic rings. The van der Waals surface area contributed by atoms with Crippen molar-refractivity contribution in [2.45, 2.75) is 11.7 Å². The molecule has 170 valence electrons. The molecule has 34 heavy (non-hydrogen) atoms. The van der Waals surface area contributed by atoms with Crippen molar-refractivity contribution in [1.82, 2.24) is 25.1 Å². The van der Waals surface area contributed by atoms with Gasteiger partial charge in [0.1, 0.15) is 11.1 Å². The lowest BCUT2D eigenvalue weighted by Crippen LogP contribution is -2.26. The summed E-state index contributed by atoms with van der Waals surface area (Å²) in [7, 11) is 1.61. The van der Waals surface area contributed by atoms with Crippen LogP contribution in [0.4, 0.5) is 0 Å². The number of ether oxygens (including phenoxy) is 1. The summed E-state index contributed by atoms with van der Waals surface area (Å²) >= 11 is 1.20. The third-order valence-corrected chi connectivity index (χ3v) is 6.38. The number of amides is 1. The fraction of sp³-hybridized carbons (Fsp3) is 0.120. The van der Waals surface area contributed by atoms with Crippen LogP contribution in [-0.2, 0) is 11.3 Å². The van der Waals surface area contributed by atoms with E-state index >= 15 is 0 Å². The van der Waals surface area contributed by atoms with Gasteiger partial charge in [0.05, 0.1) is 24.7 Å². The minimum atomic E-state index is -0.240. The number of rotatable bonds is 7. The highest BCUT2D eigenvalue weighted by Gasteiger charge is 2.17. The molecule has 2 heterocycles. The van der Waals surface area contributed by atoms with Crippen LogP contribution in [-0.4, -0.2) is 38.5 Å². The van der Waals surface area contributed by atoms with E-state index in [0.717, 1.165) is 22.1 Å². The van der Waals surface area contributed by atoms with Gasteiger partial charge >= 0.3 is 0 Å². The lowest BCUT2D eigenvalue weighted by atomic mass is 10.1. The number of thioether (sulfide) groups is 1. The summed E-state index contributed by atoms with van der Waals surface area (Å²) in [5.74, 6) is 0.703. The molecule has 5 rings (SSSR count). The summed E-state index contributed by atoms with van der Waals surface area (Å²) in [6.07, 6.45) is 1.47. The summed E-state index contributed by atoms with van der Waals surface area (Å²) in [5, 5.41) is 12.4. The van der Waals surface area contributed by atoms with E-state index in [-0.39, 0.29) is 17.2 Å². The van der Waals surface area contributed by atoms with E-state index in [2.05, 4.69) is 20.5 Å². The molecule has 1 amide bonds. The second kappa shape index (κ2) is 9.40. The van der Waals surface area contributed by atoms with Gasteiger partial charge in [0.2, 0.25) is 5.91 Å². The fourth-order valence-electron chi connectivity index (χ4n) is 3.71. The van der Waals surface area contributed by atoms with Gasteiger partial charge in [-0.3, -0.25) is 19.3 Å². The van der Waals surface area contributed by atoms with Crippen LogP contribution in [0.2, 0.25) is 0 Å². The number of nitrogens with one attached hydrogen (secondary N) is 2. The zero-order valence-electron chi connectivity index (χ0n) is 18.3. The highest BCUT2D eigenvalue weighted by Crippen LogP contribution is 2.26. The van der Waals surface area contributed by atoms with Crippen LogP contribution in [0, 0.1) is 0 Å². The van der Waals surface area contributed by atoms with E-state index in [1.54, 1.807) is 11.7 Å². The number of carbonyl (C=O) groups excluding carboxylic acids is 1. The van der Waals surface area contributed by atoms with Gasteiger partial charge in [0, 0.05) is 11.9 Å². The first-order valence-corrected chi connectivity index (χ1v) is 11.6. The van der Waals surface area contributed by atoms with Gasteiger partial charge in [0.25, 0.3) is 5.56 Å². The van der Waals surface area contributed by atoms with Crippen molar-refractivity contribution in [3.05, 3.63) is 88.8 Å². The molecule has 0 saturated carbocycles. The standard InChI is InChI=1S/C25H21N5O3S/c1-33-18-11-9-16(10-12-18)13-26-22(31)15-34-25-28-23-20(14-27-29-23)24(32)30(25)21-8-4-6-17-5-2-3-7-19(17)21/h2-12,14H,13,15H2,1H3,(H,26,31)(H,27,29). The fourth-order valence-corrected chi connectivity index (χ4v) is 4.54. The van der Waals surface area contributed by atoms with Gasteiger partial charge in [-0.05, 0) is 29.1 Å². The Morgan fingerprint density at radius 2 is 1.85 bits per heavy atom. The molecule has 0 spiro atoms. The first-order valence-electron chi connectivity index (χ1n) is 10.6. The van der Waals surface area contributed by atoms with Gasteiger partial charge in [-0.1, -0.05) is 60.3 Å². The Hall–Kier alpha value is -4.11. The van der Waals surface area contributed by atoms with E-state index in [1.807, 2.05) is 66.7 Å². The summed E-state index contributed by atoms with van der Waals surface area (Å²) in [5.41, 5.74) is 1.82. The topological polar surface area (TPSA) is 102 Å². The maximum Gasteiger partial charge on any atom is 0.269 e. The van der Waals surface area contributed by atoms with E-state index < -0.39 is 0 Å². The number of fused-ring (bicyclic) bond motifs is 2. The van der Waals surface area contributed by atoms with Crippen LogP contribution >= 0.6 is 11.8 Å². The average molecular weight is 472 g/mol. The van der Waals surface area contributed by atoms with Crippen molar-refractivity contribution in [3.8, 4) is 11.4 Å². The number of benzene rings is 3. The molecule has 5 aromatic rings. The molecule has 2 N–H and O–H groups in total. The summed E-state index contributed by atoms with van der Waals surface area (Å²) in [6.45, 7) is 0.395. The Kier molecular flexibility index (Phi) is 6.01. The second-order valence-electron chi connectivity index (χ2n) is 7.58. The minimum absolute atomic E-state index is 0.104. The summed E-state index contributed by atoms with van der Waals surface area (Å²) in [6, 6.07) is 21.1. The van der Waals surface area contributed by atoms with Crippen LogP contribution in [0.5, 0.6) is 5.75 Å². The van der Waals surface area contributed by atoms with Crippen molar-refractivity contribution in [2.75, 3.05) is 12.9 Å². The van der Waals surface area contributed by atoms with Gasteiger partial charge in [-0.15, -0.1) is 0 Å².